The molecule has 1 amide bonds. The highest BCUT2D eigenvalue weighted by atomic mass is 32.2. The lowest BCUT2D eigenvalue weighted by atomic mass is 9.93. The van der Waals surface area contributed by atoms with E-state index in [1.165, 1.54) is 23.6 Å². The predicted octanol–water partition coefficient (Wildman–Crippen LogP) is 4.08. The summed E-state index contributed by atoms with van der Waals surface area (Å²) in [6, 6.07) is 15.1. The molecule has 0 radical (unpaired) electrons. The van der Waals surface area contributed by atoms with Crippen LogP contribution < -0.4 is 5.32 Å². The first-order chi connectivity index (χ1) is 16.0. The van der Waals surface area contributed by atoms with Gasteiger partial charge in [-0.05, 0) is 43.9 Å². The van der Waals surface area contributed by atoms with Crippen molar-refractivity contribution in [3.05, 3.63) is 48.5 Å². The first-order valence-corrected chi connectivity index (χ1v) is 13.3. The maximum atomic E-state index is 13.3. The summed E-state index contributed by atoms with van der Waals surface area (Å²) in [6.45, 7) is 0.725. The number of nitrogens with one attached hydrogen (secondary N) is 2. The molecule has 1 aliphatic heterocycles. The smallest absolute Gasteiger partial charge is 0.243 e. The van der Waals surface area contributed by atoms with Gasteiger partial charge in [0.15, 0.2) is 0 Å². The van der Waals surface area contributed by atoms with E-state index in [1.54, 1.807) is 18.2 Å². The normalized spacial score (nSPS) is 19.0. The first-order valence-electron chi connectivity index (χ1n) is 11.9. The molecule has 1 aromatic heterocycles. The van der Waals surface area contributed by atoms with Crippen LogP contribution in [0.5, 0.6) is 0 Å². The highest BCUT2D eigenvalue weighted by Crippen LogP contribution is 2.28. The number of carbonyl (C=O) groups excluding carboxylic acids is 1. The number of hydrogen-bond donors (Lipinski definition) is 2. The van der Waals surface area contributed by atoms with Crippen molar-refractivity contribution in [2.45, 2.75) is 55.9 Å². The monoisotopic (exact) mass is 466 g/mol. The van der Waals surface area contributed by atoms with Gasteiger partial charge >= 0.3 is 0 Å². The number of hydrogen-bond acceptors (Lipinski definition) is 4. The number of carbonyl (C=O) groups is 1. The predicted molar refractivity (Wildman–Crippen MR) is 128 cm³/mol. The Morgan fingerprint density at radius 3 is 2.42 bits per heavy atom. The lowest BCUT2D eigenvalue weighted by Gasteiger charge is -2.32. The van der Waals surface area contributed by atoms with Gasteiger partial charge in [-0.1, -0.05) is 49.6 Å². The highest BCUT2D eigenvalue weighted by Gasteiger charge is 2.33. The number of amides is 1. The minimum Gasteiger partial charge on any atom is -0.353 e. The van der Waals surface area contributed by atoms with Crippen LogP contribution in [0, 0.1) is 5.92 Å². The topological polar surface area (TPSA) is 95.2 Å². The summed E-state index contributed by atoms with van der Waals surface area (Å²) in [5, 5.41) is 3.19. The fourth-order valence-electron chi connectivity index (χ4n) is 4.96. The van der Waals surface area contributed by atoms with E-state index in [-0.39, 0.29) is 22.8 Å². The zero-order chi connectivity index (χ0) is 22.8. The summed E-state index contributed by atoms with van der Waals surface area (Å²) in [6.07, 6.45) is 6.83. The van der Waals surface area contributed by atoms with Crippen LogP contribution in [0.2, 0.25) is 0 Å². The number of aromatic amines is 1. The molecule has 2 N–H and O–H groups in total. The molecule has 0 unspecified atom stereocenters. The molecule has 33 heavy (non-hydrogen) atoms. The Morgan fingerprint density at radius 1 is 0.970 bits per heavy atom. The number of fused-ring (bicyclic) bond motifs is 1. The van der Waals surface area contributed by atoms with Gasteiger partial charge in [0.1, 0.15) is 5.82 Å². The molecular weight excluding hydrogens is 436 g/mol. The molecule has 2 aliphatic rings. The van der Waals surface area contributed by atoms with Crippen molar-refractivity contribution >= 4 is 27.0 Å². The van der Waals surface area contributed by atoms with Crippen molar-refractivity contribution < 1.29 is 13.2 Å². The summed E-state index contributed by atoms with van der Waals surface area (Å²) in [5.74, 6) is 0.693. The van der Waals surface area contributed by atoms with Gasteiger partial charge in [0.05, 0.1) is 15.9 Å². The number of aromatic nitrogens is 2. The molecule has 1 saturated carbocycles. The fraction of sp³-hybridized carbons (Fsp3) is 0.440. The Morgan fingerprint density at radius 2 is 1.70 bits per heavy atom. The average molecular weight is 467 g/mol. The Balaban J connectivity index is 1.26. The third-order valence-electron chi connectivity index (χ3n) is 6.91. The summed E-state index contributed by atoms with van der Waals surface area (Å²) in [4.78, 5) is 20.7. The van der Waals surface area contributed by atoms with Crippen LogP contribution in [0.25, 0.3) is 22.4 Å². The molecule has 2 heterocycles. The number of sulfonamides is 1. The van der Waals surface area contributed by atoms with E-state index >= 15 is 0 Å². The van der Waals surface area contributed by atoms with E-state index in [4.69, 9.17) is 0 Å². The number of rotatable bonds is 5. The zero-order valence-electron chi connectivity index (χ0n) is 18.7. The van der Waals surface area contributed by atoms with Crippen LogP contribution in [0.15, 0.2) is 53.4 Å². The second kappa shape index (κ2) is 9.27. The molecule has 7 nitrogen and oxygen atoms in total. The van der Waals surface area contributed by atoms with Crippen LogP contribution >= 0.6 is 0 Å². The van der Waals surface area contributed by atoms with E-state index in [0.29, 0.717) is 37.3 Å². The summed E-state index contributed by atoms with van der Waals surface area (Å²) < 4.78 is 28.1. The van der Waals surface area contributed by atoms with Crippen LogP contribution in [0.1, 0.15) is 44.9 Å². The second-order valence-electron chi connectivity index (χ2n) is 9.15. The Bertz CT molecular complexity index is 1230. The standard InChI is InChI=1S/C25H30N4O3S/c30-25(26-20-9-5-2-6-10-20)19-13-15-29(16-14-19)33(31,32)21-11-12-22-23(17-21)28-24(27-22)18-7-3-1-4-8-18/h1,3-4,7-8,11-12,17,19-20H,2,5-6,9-10,13-16H2,(H,26,30)(H,27,28). The van der Waals surface area contributed by atoms with Crippen LogP contribution in [0.4, 0.5) is 0 Å². The molecule has 0 atom stereocenters. The summed E-state index contributed by atoms with van der Waals surface area (Å²) in [5.41, 5.74) is 2.37. The molecule has 1 saturated heterocycles. The van der Waals surface area contributed by atoms with Crippen molar-refractivity contribution in [1.82, 2.24) is 19.6 Å². The lowest BCUT2D eigenvalue weighted by molar-refractivity contribution is -0.127. The molecule has 3 aromatic rings. The van der Waals surface area contributed by atoms with Crippen LogP contribution in [0.3, 0.4) is 0 Å². The van der Waals surface area contributed by atoms with E-state index in [9.17, 15) is 13.2 Å². The van der Waals surface area contributed by atoms with Gasteiger partial charge in [0.25, 0.3) is 0 Å². The molecule has 1 aliphatic carbocycles. The Hall–Kier alpha value is -2.71. The van der Waals surface area contributed by atoms with Gasteiger partial charge in [-0.25, -0.2) is 13.4 Å². The third-order valence-corrected chi connectivity index (χ3v) is 8.81. The maximum absolute atomic E-state index is 13.3. The van der Waals surface area contributed by atoms with E-state index in [1.807, 2.05) is 30.3 Å². The number of nitrogens with zero attached hydrogens (tertiary/aromatic N) is 2. The van der Waals surface area contributed by atoms with Crippen molar-refractivity contribution in [1.29, 1.82) is 0 Å². The molecular formula is C25H30N4O3S. The van der Waals surface area contributed by atoms with Crippen molar-refractivity contribution in [3.8, 4) is 11.4 Å². The average Bonchev–Trinajstić information content (AvgIpc) is 3.29. The molecule has 2 aromatic carbocycles. The summed E-state index contributed by atoms with van der Waals surface area (Å²) in [7, 11) is -3.63. The van der Waals surface area contributed by atoms with E-state index in [2.05, 4.69) is 15.3 Å². The number of benzene rings is 2. The SMILES string of the molecule is O=C(NC1CCCCC1)C1CCN(S(=O)(=O)c2ccc3nc(-c4ccccc4)[nH]c3c2)CC1. The molecule has 2 fully saturated rings. The van der Waals surface area contributed by atoms with Crippen molar-refractivity contribution in [2.24, 2.45) is 5.92 Å². The highest BCUT2D eigenvalue weighted by molar-refractivity contribution is 7.89. The molecule has 0 spiro atoms. The van der Waals surface area contributed by atoms with Crippen LogP contribution in [-0.2, 0) is 14.8 Å². The zero-order valence-corrected chi connectivity index (χ0v) is 19.5. The largest absolute Gasteiger partial charge is 0.353 e. The quantitative estimate of drug-likeness (QED) is 0.592. The van der Waals surface area contributed by atoms with Gasteiger partial charge in [-0.2, -0.15) is 4.31 Å². The van der Waals surface area contributed by atoms with E-state index in [0.717, 1.165) is 23.9 Å². The van der Waals surface area contributed by atoms with E-state index < -0.39 is 10.0 Å². The van der Waals surface area contributed by atoms with Gasteiger partial charge in [0.2, 0.25) is 15.9 Å². The first kappa shape index (κ1) is 22.1. The molecule has 174 valence electrons. The Kier molecular flexibility index (Phi) is 6.21. The molecule has 8 heteroatoms. The second-order valence-corrected chi connectivity index (χ2v) is 11.1. The third kappa shape index (κ3) is 4.68. The number of imidazole rings is 1. The minimum atomic E-state index is -3.63. The van der Waals surface area contributed by atoms with Crippen LogP contribution in [-0.4, -0.2) is 47.7 Å². The number of piperidine rings is 1. The van der Waals surface area contributed by atoms with Crippen molar-refractivity contribution in [2.75, 3.05) is 13.1 Å². The molecule has 0 bridgehead atoms. The lowest BCUT2D eigenvalue weighted by Crippen LogP contribution is -2.45. The maximum Gasteiger partial charge on any atom is 0.243 e. The minimum absolute atomic E-state index is 0.0891. The Labute approximate surface area is 194 Å². The summed E-state index contributed by atoms with van der Waals surface area (Å²) >= 11 is 0. The fourth-order valence-corrected chi connectivity index (χ4v) is 6.45. The van der Waals surface area contributed by atoms with Gasteiger partial charge in [-0.3, -0.25) is 4.79 Å². The van der Waals surface area contributed by atoms with Gasteiger partial charge in [0, 0.05) is 30.6 Å². The van der Waals surface area contributed by atoms with Gasteiger partial charge in [-0.15, -0.1) is 0 Å². The molecule has 5 rings (SSSR count). The number of H-pyrrole nitrogens is 1. The van der Waals surface area contributed by atoms with Crippen molar-refractivity contribution in [3.63, 3.8) is 0 Å². The van der Waals surface area contributed by atoms with Gasteiger partial charge < -0.3 is 10.3 Å².